The smallest absolute Gasteiger partial charge is 0.0687 e. The Morgan fingerprint density at radius 3 is 2.75 bits per heavy atom. The number of aryl methyl sites for hydroxylation is 2. The van der Waals surface area contributed by atoms with Gasteiger partial charge in [0.05, 0.1) is 17.5 Å². The first-order valence-electron chi connectivity index (χ1n) is 5.96. The van der Waals surface area contributed by atoms with Gasteiger partial charge in [0.2, 0.25) is 0 Å². The van der Waals surface area contributed by atoms with Crippen molar-refractivity contribution in [2.45, 2.75) is 46.9 Å². The molecule has 16 heavy (non-hydrogen) atoms. The Kier molecular flexibility index (Phi) is 4.96. The number of aromatic nitrogens is 2. The molecular formula is C12H23N3O. The number of nitrogens with one attached hydrogen (secondary N) is 1. The first-order valence-corrected chi connectivity index (χ1v) is 5.96. The lowest BCUT2D eigenvalue weighted by atomic mass is 10.1. The Bertz CT molecular complexity index is 320. The second kappa shape index (κ2) is 6.01. The van der Waals surface area contributed by atoms with Crippen molar-refractivity contribution in [3.63, 3.8) is 0 Å². The minimum Gasteiger partial charge on any atom is -0.392 e. The lowest BCUT2D eigenvalue weighted by Crippen LogP contribution is -2.30. The second-order valence-corrected chi connectivity index (χ2v) is 4.54. The Labute approximate surface area is 97.7 Å². The fourth-order valence-corrected chi connectivity index (χ4v) is 1.60. The molecule has 1 aromatic rings. The number of hydrogen-bond acceptors (Lipinski definition) is 3. The van der Waals surface area contributed by atoms with E-state index >= 15 is 0 Å². The van der Waals surface area contributed by atoms with Crippen LogP contribution < -0.4 is 5.32 Å². The van der Waals surface area contributed by atoms with Crippen LogP contribution in [0.15, 0.2) is 6.07 Å². The van der Waals surface area contributed by atoms with Crippen molar-refractivity contribution in [1.29, 1.82) is 0 Å². The molecule has 0 aliphatic rings. The maximum atomic E-state index is 9.65. The Morgan fingerprint density at radius 2 is 2.19 bits per heavy atom. The quantitative estimate of drug-likeness (QED) is 0.767. The number of aliphatic hydroxyl groups excluding tert-OH is 1. The highest BCUT2D eigenvalue weighted by atomic mass is 16.3. The van der Waals surface area contributed by atoms with Crippen molar-refractivity contribution in [3.05, 3.63) is 17.5 Å². The van der Waals surface area contributed by atoms with E-state index in [2.05, 4.69) is 23.4 Å². The van der Waals surface area contributed by atoms with Crippen LogP contribution in [0.25, 0.3) is 0 Å². The number of nitrogens with zero attached hydrogens (tertiary/aromatic N) is 2. The van der Waals surface area contributed by atoms with E-state index in [0.717, 1.165) is 18.8 Å². The largest absolute Gasteiger partial charge is 0.392 e. The van der Waals surface area contributed by atoms with Crippen molar-refractivity contribution in [3.8, 4) is 0 Å². The molecule has 1 heterocycles. The van der Waals surface area contributed by atoms with Crippen molar-refractivity contribution >= 4 is 0 Å². The summed E-state index contributed by atoms with van der Waals surface area (Å²) in [6.45, 7) is 10.4. The third-order valence-electron chi connectivity index (χ3n) is 2.71. The van der Waals surface area contributed by atoms with E-state index in [1.807, 2.05) is 25.5 Å². The van der Waals surface area contributed by atoms with Crippen LogP contribution >= 0.6 is 0 Å². The predicted octanol–water partition coefficient (Wildman–Crippen LogP) is 1.32. The zero-order valence-corrected chi connectivity index (χ0v) is 10.7. The topological polar surface area (TPSA) is 50.1 Å². The minimum absolute atomic E-state index is 0.279. The molecule has 4 nitrogen and oxygen atoms in total. The summed E-state index contributed by atoms with van der Waals surface area (Å²) in [4.78, 5) is 0. The van der Waals surface area contributed by atoms with Gasteiger partial charge in [-0.25, -0.2) is 0 Å². The van der Waals surface area contributed by atoms with Crippen molar-refractivity contribution < 1.29 is 5.11 Å². The van der Waals surface area contributed by atoms with Crippen molar-refractivity contribution in [2.75, 3.05) is 6.54 Å². The summed E-state index contributed by atoms with van der Waals surface area (Å²) < 4.78 is 1.99. The summed E-state index contributed by atoms with van der Waals surface area (Å²) >= 11 is 0. The molecule has 92 valence electrons. The number of aliphatic hydroxyl groups is 1. The molecule has 2 N–H and O–H groups in total. The summed E-state index contributed by atoms with van der Waals surface area (Å²) in [6.07, 6.45) is -0.279. The van der Waals surface area contributed by atoms with Crippen LogP contribution in [-0.2, 0) is 13.1 Å². The van der Waals surface area contributed by atoms with Gasteiger partial charge in [-0.3, -0.25) is 4.68 Å². The second-order valence-electron chi connectivity index (χ2n) is 4.54. The average molecular weight is 225 g/mol. The molecule has 0 aromatic carbocycles. The third-order valence-corrected chi connectivity index (χ3v) is 2.71. The van der Waals surface area contributed by atoms with Crippen LogP contribution in [0.2, 0.25) is 0 Å². The fraction of sp³-hybridized carbons (Fsp3) is 0.750. The van der Waals surface area contributed by atoms with Crippen LogP contribution in [0.4, 0.5) is 0 Å². The van der Waals surface area contributed by atoms with E-state index in [1.165, 1.54) is 5.69 Å². The molecule has 0 aliphatic carbocycles. The van der Waals surface area contributed by atoms with Crippen LogP contribution in [-0.4, -0.2) is 27.5 Å². The van der Waals surface area contributed by atoms with E-state index in [9.17, 15) is 5.11 Å². The minimum atomic E-state index is -0.279. The van der Waals surface area contributed by atoms with Gasteiger partial charge in [0.15, 0.2) is 0 Å². The van der Waals surface area contributed by atoms with E-state index in [-0.39, 0.29) is 6.10 Å². The highest BCUT2D eigenvalue weighted by Gasteiger charge is 2.09. The third kappa shape index (κ3) is 3.61. The van der Waals surface area contributed by atoms with Gasteiger partial charge in [0.1, 0.15) is 0 Å². The molecule has 0 saturated carbocycles. The lowest BCUT2D eigenvalue weighted by Gasteiger charge is -2.15. The Morgan fingerprint density at radius 1 is 1.50 bits per heavy atom. The van der Waals surface area contributed by atoms with Gasteiger partial charge in [0.25, 0.3) is 0 Å². The molecule has 0 aliphatic heterocycles. The molecule has 0 spiro atoms. The molecule has 0 saturated heterocycles. The van der Waals surface area contributed by atoms with Gasteiger partial charge in [-0.1, -0.05) is 13.8 Å². The molecule has 1 unspecified atom stereocenters. The van der Waals surface area contributed by atoms with Gasteiger partial charge in [-0.2, -0.15) is 5.10 Å². The molecule has 0 bridgehead atoms. The maximum absolute atomic E-state index is 9.65. The summed E-state index contributed by atoms with van der Waals surface area (Å²) in [6, 6.07) is 2.08. The predicted molar refractivity (Wildman–Crippen MR) is 65.2 cm³/mol. The highest BCUT2D eigenvalue weighted by molar-refractivity contribution is 5.08. The van der Waals surface area contributed by atoms with Gasteiger partial charge in [0, 0.05) is 19.6 Å². The number of hydrogen-bond donors (Lipinski definition) is 2. The van der Waals surface area contributed by atoms with Crippen LogP contribution in [0.1, 0.15) is 32.2 Å². The zero-order valence-electron chi connectivity index (χ0n) is 10.7. The van der Waals surface area contributed by atoms with Gasteiger partial charge in [-0.15, -0.1) is 0 Å². The van der Waals surface area contributed by atoms with Gasteiger partial charge < -0.3 is 10.4 Å². The van der Waals surface area contributed by atoms with Crippen molar-refractivity contribution in [1.82, 2.24) is 15.1 Å². The Hall–Kier alpha value is -0.870. The van der Waals surface area contributed by atoms with E-state index in [1.54, 1.807) is 0 Å². The summed E-state index contributed by atoms with van der Waals surface area (Å²) in [5.74, 6) is 0.297. The van der Waals surface area contributed by atoms with Gasteiger partial charge >= 0.3 is 0 Å². The molecule has 1 rings (SSSR count). The molecule has 0 radical (unpaired) electrons. The van der Waals surface area contributed by atoms with Crippen LogP contribution in [0.3, 0.4) is 0 Å². The molecule has 1 aromatic heterocycles. The molecule has 0 amide bonds. The Balaban J connectivity index is 2.42. The monoisotopic (exact) mass is 225 g/mol. The zero-order chi connectivity index (χ0) is 12.1. The summed E-state index contributed by atoms with van der Waals surface area (Å²) in [5, 5.41) is 17.3. The van der Waals surface area contributed by atoms with Crippen LogP contribution in [0, 0.1) is 12.8 Å². The highest BCUT2D eigenvalue weighted by Crippen LogP contribution is 2.04. The van der Waals surface area contributed by atoms with Crippen molar-refractivity contribution in [2.24, 2.45) is 5.92 Å². The van der Waals surface area contributed by atoms with E-state index in [4.69, 9.17) is 0 Å². The first-order chi connectivity index (χ1) is 7.54. The van der Waals surface area contributed by atoms with E-state index in [0.29, 0.717) is 12.5 Å². The normalized spacial score (nSPS) is 13.4. The average Bonchev–Trinajstić information content (AvgIpc) is 2.58. The standard InChI is InChI=1S/C12H23N3O/c1-5-15-11(6-10(4)14-15)7-13-8-12(16)9(2)3/h6,9,12-13,16H,5,7-8H2,1-4H3. The number of rotatable bonds is 6. The molecule has 1 atom stereocenters. The molecule has 4 heteroatoms. The SMILES string of the molecule is CCn1nc(C)cc1CNCC(O)C(C)C. The maximum Gasteiger partial charge on any atom is 0.0687 e. The summed E-state index contributed by atoms with van der Waals surface area (Å²) in [7, 11) is 0. The first kappa shape index (κ1) is 13.2. The van der Waals surface area contributed by atoms with Gasteiger partial charge in [-0.05, 0) is 25.8 Å². The van der Waals surface area contributed by atoms with E-state index < -0.39 is 0 Å². The van der Waals surface area contributed by atoms with Crippen LogP contribution in [0.5, 0.6) is 0 Å². The summed E-state index contributed by atoms with van der Waals surface area (Å²) in [5.41, 5.74) is 2.22. The fourth-order valence-electron chi connectivity index (χ4n) is 1.60. The molecular weight excluding hydrogens is 202 g/mol. The molecule has 0 fully saturated rings. The lowest BCUT2D eigenvalue weighted by molar-refractivity contribution is 0.123.